The van der Waals surface area contributed by atoms with Crippen LogP contribution in [-0.4, -0.2) is 23.2 Å². The van der Waals surface area contributed by atoms with E-state index >= 15 is 0 Å². The number of benzene rings is 1. The molecule has 2 aromatic rings. The minimum Gasteiger partial charge on any atom is -0.382 e. The minimum atomic E-state index is 0.699. The fourth-order valence-corrected chi connectivity index (χ4v) is 1.87. The van der Waals surface area contributed by atoms with Gasteiger partial charge in [0.15, 0.2) is 0 Å². The van der Waals surface area contributed by atoms with Crippen molar-refractivity contribution in [2.45, 2.75) is 19.8 Å². The Labute approximate surface area is 99.8 Å². The smallest absolute Gasteiger partial charge is 0.107 e. The molecule has 0 amide bonds. The van der Waals surface area contributed by atoms with Gasteiger partial charge in [-0.1, -0.05) is 17.7 Å². The van der Waals surface area contributed by atoms with Gasteiger partial charge in [-0.3, -0.25) is 0 Å². The lowest BCUT2D eigenvalue weighted by Crippen LogP contribution is -1.96. The summed E-state index contributed by atoms with van der Waals surface area (Å²) in [4.78, 5) is 7.73. The molecule has 0 saturated carbocycles. The van der Waals surface area contributed by atoms with Crippen molar-refractivity contribution in [2.75, 3.05) is 13.2 Å². The first-order chi connectivity index (χ1) is 7.81. The van der Waals surface area contributed by atoms with Gasteiger partial charge in [0.1, 0.15) is 11.3 Å². The van der Waals surface area contributed by atoms with Gasteiger partial charge in [0.25, 0.3) is 0 Å². The van der Waals surface area contributed by atoms with Gasteiger partial charge in [0, 0.05) is 19.6 Å². The summed E-state index contributed by atoms with van der Waals surface area (Å²) < 4.78 is 5.29. The largest absolute Gasteiger partial charge is 0.382 e. The number of rotatable bonds is 5. The second-order valence-electron chi connectivity index (χ2n) is 3.62. The van der Waals surface area contributed by atoms with Crippen molar-refractivity contribution in [2.24, 2.45) is 0 Å². The number of nitrogens with zero attached hydrogens (tertiary/aromatic N) is 1. The predicted octanol–water partition coefficient (Wildman–Crippen LogP) is 3.19. The highest BCUT2D eigenvalue weighted by Gasteiger charge is 2.05. The molecule has 16 heavy (non-hydrogen) atoms. The zero-order chi connectivity index (χ0) is 11.4. The van der Waals surface area contributed by atoms with E-state index in [-0.39, 0.29) is 0 Å². The van der Waals surface area contributed by atoms with Crippen molar-refractivity contribution in [3.8, 4) is 0 Å². The molecule has 0 aliphatic carbocycles. The van der Waals surface area contributed by atoms with Gasteiger partial charge < -0.3 is 9.72 Å². The Morgan fingerprint density at radius 3 is 3.06 bits per heavy atom. The van der Waals surface area contributed by atoms with Gasteiger partial charge in [-0.15, -0.1) is 0 Å². The molecule has 0 spiro atoms. The first-order valence-electron chi connectivity index (χ1n) is 5.52. The molecule has 0 unspecified atom stereocenters. The lowest BCUT2D eigenvalue weighted by Gasteiger charge is -1.98. The van der Waals surface area contributed by atoms with Crippen molar-refractivity contribution in [1.82, 2.24) is 9.97 Å². The van der Waals surface area contributed by atoms with E-state index in [9.17, 15) is 0 Å². The summed E-state index contributed by atoms with van der Waals surface area (Å²) in [5.74, 6) is 0.975. The Balaban J connectivity index is 2.05. The number of H-pyrrole nitrogens is 1. The van der Waals surface area contributed by atoms with Crippen LogP contribution >= 0.6 is 11.6 Å². The second kappa shape index (κ2) is 5.32. The Hall–Kier alpha value is -1.06. The maximum Gasteiger partial charge on any atom is 0.107 e. The number of fused-ring (bicyclic) bond motifs is 1. The molecule has 0 atom stereocenters. The maximum absolute atomic E-state index is 6.05. The van der Waals surface area contributed by atoms with Crippen LogP contribution in [0.25, 0.3) is 11.0 Å². The van der Waals surface area contributed by atoms with Gasteiger partial charge in [-0.25, -0.2) is 4.98 Å². The summed E-state index contributed by atoms with van der Waals surface area (Å²) in [6, 6.07) is 5.77. The van der Waals surface area contributed by atoms with Crippen LogP contribution in [0, 0.1) is 0 Å². The fourth-order valence-electron chi connectivity index (χ4n) is 1.65. The third-order valence-corrected chi connectivity index (χ3v) is 2.72. The molecule has 1 aromatic carbocycles. The van der Waals surface area contributed by atoms with Crippen molar-refractivity contribution in [1.29, 1.82) is 0 Å². The molecule has 1 aromatic heterocycles. The van der Waals surface area contributed by atoms with Gasteiger partial charge in [0.05, 0.1) is 10.5 Å². The Morgan fingerprint density at radius 1 is 1.44 bits per heavy atom. The molecule has 1 N–H and O–H groups in total. The van der Waals surface area contributed by atoms with Gasteiger partial charge in [0.2, 0.25) is 0 Å². The third-order valence-electron chi connectivity index (χ3n) is 2.42. The Bertz CT molecular complexity index is 467. The molecular formula is C12H15ClN2O. The zero-order valence-electron chi connectivity index (χ0n) is 9.29. The number of ether oxygens (including phenoxy) is 1. The monoisotopic (exact) mass is 238 g/mol. The number of aromatic nitrogens is 2. The molecule has 1 heterocycles. The van der Waals surface area contributed by atoms with Crippen molar-refractivity contribution in [3.05, 3.63) is 29.0 Å². The number of nitrogens with one attached hydrogen (secondary N) is 1. The SMILES string of the molecule is CCOCCCc1nc2c(Cl)cccc2[nH]1. The van der Waals surface area contributed by atoms with Crippen molar-refractivity contribution in [3.63, 3.8) is 0 Å². The molecule has 0 aliphatic rings. The standard InChI is InChI=1S/C12H15ClN2O/c1-2-16-8-4-7-11-14-10-6-3-5-9(13)12(10)15-11/h3,5-6H,2,4,7-8H2,1H3,(H,14,15). The topological polar surface area (TPSA) is 37.9 Å². The molecule has 0 fully saturated rings. The summed E-state index contributed by atoms with van der Waals surface area (Å²) in [7, 11) is 0. The molecule has 4 heteroatoms. The lowest BCUT2D eigenvalue weighted by molar-refractivity contribution is 0.145. The number of hydrogen-bond donors (Lipinski definition) is 1. The van der Waals surface area contributed by atoms with E-state index in [0.29, 0.717) is 5.02 Å². The number of halogens is 1. The lowest BCUT2D eigenvalue weighted by atomic mass is 10.3. The summed E-state index contributed by atoms with van der Waals surface area (Å²) in [5, 5.41) is 0.699. The summed E-state index contributed by atoms with van der Waals surface area (Å²) >= 11 is 6.05. The van der Waals surface area contributed by atoms with E-state index in [1.807, 2.05) is 25.1 Å². The first-order valence-corrected chi connectivity index (χ1v) is 5.90. The van der Waals surface area contributed by atoms with Gasteiger partial charge in [-0.05, 0) is 25.5 Å². The van der Waals surface area contributed by atoms with Crippen LogP contribution < -0.4 is 0 Å². The van der Waals surface area contributed by atoms with Crippen LogP contribution in [0.15, 0.2) is 18.2 Å². The maximum atomic E-state index is 6.05. The van der Waals surface area contributed by atoms with E-state index in [1.165, 1.54) is 0 Å². The Morgan fingerprint density at radius 2 is 2.31 bits per heavy atom. The summed E-state index contributed by atoms with van der Waals surface area (Å²) in [6.45, 7) is 3.55. The third kappa shape index (κ3) is 2.54. The molecular weight excluding hydrogens is 224 g/mol. The quantitative estimate of drug-likeness (QED) is 0.813. The summed E-state index contributed by atoms with van der Waals surface area (Å²) in [5.41, 5.74) is 1.86. The number of imidazole rings is 1. The van der Waals surface area contributed by atoms with Crippen molar-refractivity contribution >= 4 is 22.6 Å². The Kier molecular flexibility index (Phi) is 3.80. The number of para-hydroxylation sites is 1. The van der Waals surface area contributed by atoms with E-state index in [1.54, 1.807) is 0 Å². The van der Waals surface area contributed by atoms with E-state index in [0.717, 1.165) is 42.9 Å². The van der Waals surface area contributed by atoms with Gasteiger partial charge >= 0.3 is 0 Å². The van der Waals surface area contributed by atoms with Crippen LogP contribution in [0.2, 0.25) is 5.02 Å². The zero-order valence-corrected chi connectivity index (χ0v) is 10.0. The highest BCUT2D eigenvalue weighted by molar-refractivity contribution is 6.34. The van der Waals surface area contributed by atoms with Gasteiger partial charge in [-0.2, -0.15) is 0 Å². The molecule has 0 saturated heterocycles. The predicted molar refractivity (Wildman–Crippen MR) is 65.9 cm³/mol. The molecule has 0 aliphatic heterocycles. The van der Waals surface area contributed by atoms with Crippen LogP contribution in [0.5, 0.6) is 0 Å². The summed E-state index contributed by atoms with van der Waals surface area (Å²) in [6.07, 6.45) is 1.87. The normalized spacial score (nSPS) is 11.1. The fraction of sp³-hybridized carbons (Fsp3) is 0.417. The van der Waals surface area contributed by atoms with Crippen LogP contribution in [-0.2, 0) is 11.2 Å². The highest BCUT2D eigenvalue weighted by Crippen LogP contribution is 2.21. The molecule has 86 valence electrons. The highest BCUT2D eigenvalue weighted by atomic mass is 35.5. The van der Waals surface area contributed by atoms with Crippen molar-refractivity contribution < 1.29 is 4.74 Å². The molecule has 2 rings (SSSR count). The average molecular weight is 239 g/mol. The second-order valence-corrected chi connectivity index (χ2v) is 4.03. The minimum absolute atomic E-state index is 0.699. The van der Waals surface area contributed by atoms with E-state index < -0.39 is 0 Å². The molecule has 3 nitrogen and oxygen atoms in total. The van der Waals surface area contributed by atoms with E-state index in [2.05, 4.69) is 9.97 Å². The first kappa shape index (κ1) is 11.4. The molecule has 0 bridgehead atoms. The number of hydrogen-bond acceptors (Lipinski definition) is 2. The number of aromatic amines is 1. The number of aryl methyl sites for hydroxylation is 1. The average Bonchev–Trinajstić information content (AvgIpc) is 2.69. The van der Waals surface area contributed by atoms with Crippen LogP contribution in [0.3, 0.4) is 0 Å². The van der Waals surface area contributed by atoms with E-state index in [4.69, 9.17) is 16.3 Å². The van der Waals surface area contributed by atoms with Crippen LogP contribution in [0.1, 0.15) is 19.2 Å². The van der Waals surface area contributed by atoms with Crippen LogP contribution in [0.4, 0.5) is 0 Å². The molecule has 0 radical (unpaired) electrons.